The van der Waals surface area contributed by atoms with E-state index in [9.17, 15) is 29.1 Å². The normalized spacial score (nSPS) is 13.4. The molecule has 0 spiro atoms. The van der Waals surface area contributed by atoms with Crippen LogP contribution in [0, 0.1) is 0 Å². The van der Waals surface area contributed by atoms with Crippen LogP contribution in [0.5, 0.6) is 5.75 Å². The van der Waals surface area contributed by atoms with Crippen molar-refractivity contribution in [1.29, 1.82) is 0 Å². The molecule has 0 fully saturated rings. The van der Waals surface area contributed by atoms with Crippen LogP contribution in [0.3, 0.4) is 0 Å². The molecule has 0 unspecified atom stereocenters. The number of hydrogen-bond acceptors (Lipinski definition) is 7. The molecule has 0 aliphatic carbocycles. The van der Waals surface area contributed by atoms with Crippen molar-refractivity contribution in [2.75, 3.05) is 6.54 Å². The number of hydrogen-bond donors (Lipinski definition) is 7. The Morgan fingerprint density at radius 1 is 0.967 bits per heavy atom. The van der Waals surface area contributed by atoms with Crippen molar-refractivity contribution in [2.24, 2.45) is 17.2 Å². The summed E-state index contributed by atoms with van der Waals surface area (Å²) >= 11 is 0. The Bertz CT molecular complexity index is 795. The lowest BCUT2D eigenvalue weighted by atomic mass is 10.0. The summed E-state index contributed by atoms with van der Waals surface area (Å²) in [4.78, 5) is 59.0. The van der Waals surface area contributed by atoms with Crippen LogP contribution in [0.1, 0.15) is 18.9 Å². The molecule has 5 amide bonds. The van der Waals surface area contributed by atoms with Crippen LogP contribution < -0.4 is 33.2 Å². The van der Waals surface area contributed by atoms with Crippen LogP contribution in [-0.4, -0.2) is 59.3 Å². The molecule has 1 aromatic carbocycles. The fourth-order valence-corrected chi connectivity index (χ4v) is 2.35. The van der Waals surface area contributed by atoms with Gasteiger partial charge in [-0.05, 0) is 24.6 Å². The first-order chi connectivity index (χ1) is 14.0. The van der Waals surface area contributed by atoms with Crippen molar-refractivity contribution >= 4 is 29.5 Å². The maximum atomic E-state index is 12.5. The minimum absolute atomic E-state index is 0.0169. The number of primary amides is 2. The Hall–Kier alpha value is -3.67. The lowest BCUT2D eigenvalue weighted by Crippen LogP contribution is -2.55. The van der Waals surface area contributed by atoms with E-state index in [1.165, 1.54) is 19.1 Å². The summed E-state index contributed by atoms with van der Waals surface area (Å²) in [6.07, 6.45) is -0.521. The smallest absolute Gasteiger partial charge is 0.243 e. The third-order valence-electron chi connectivity index (χ3n) is 3.93. The number of aromatic hydroxyl groups is 1. The van der Waals surface area contributed by atoms with Crippen LogP contribution in [0.25, 0.3) is 0 Å². The van der Waals surface area contributed by atoms with Gasteiger partial charge < -0.3 is 38.3 Å². The van der Waals surface area contributed by atoms with E-state index in [2.05, 4.69) is 16.0 Å². The van der Waals surface area contributed by atoms with Crippen molar-refractivity contribution in [2.45, 2.75) is 37.9 Å². The largest absolute Gasteiger partial charge is 0.508 e. The number of nitrogens with two attached hydrogens (primary N) is 3. The molecule has 0 aliphatic heterocycles. The molecule has 3 atom stereocenters. The van der Waals surface area contributed by atoms with E-state index < -0.39 is 60.6 Å². The molecule has 1 rings (SSSR count). The summed E-state index contributed by atoms with van der Waals surface area (Å²) in [7, 11) is 0. The van der Waals surface area contributed by atoms with Gasteiger partial charge in [0.25, 0.3) is 0 Å². The summed E-state index contributed by atoms with van der Waals surface area (Å²) in [6.45, 7) is 0.949. The summed E-state index contributed by atoms with van der Waals surface area (Å²) in [5, 5.41) is 16.2. The monoisotopic (exact) mass is 422 g/mol. The van der Waals surface area contributed by atoms with Crippen LogP contribution in [-0.2, 0) is 30.4 Å². The Kier molecular flexibility index (Phi) is 9.23. The van der Waals surface area contributed by atoms with E-state index in [0.29, 0.717) is 5.56 Å². The molecule has 0 saturated heterocycles. The molecular formula is C18H26N6O6. The molecule has 10 N–H and O–H groups in total. The molecule has 12 nitrogen and oxygen atoms in total. The number of amides is 5. The predicted octanol–water partition coefficient (Wildman–Crippen LogP) is -3.27. The van der Waals surface area contributed by atoms with E-state index in [-0.39, 0.29) is 12.2 Å². The average molecular weight is 422 g/mol. The Morgan fingerprint density at radius 3 is 2.07 bits per heavy atom. The van der Waals surface area contributed by atoms with Crippen molar-refractivity contribution in [3.05, 3.63) is 29.8 Å². The van der Waals surface area contributed by atoms with Gasteiger partial charge in [0.05, 0.1) is 19.0 Å². The summed E-state index contributed by atoms with van der Waals surface area (Å²) in [5.41, 5.74) is 16.4. The minimum atomic E-state index is -1.39. The van der Waals surface area contributed by atoms with E-state index in [4.69, 9.17) is 17.2 Å². The number of rotatable bonds is 11. The highest BCUT2D eigenvalue weighted by molar-refractivity contribution is 5.95. The zero-order valence-electron chi connectivity index (χ0n) is 16.4. The number of nitrogens with one attached hydrogen (secondary N) is 3. The first-order valence-electron chi connectivity index (χ1n) is 8.98. The van der Waals surface area contributed by atoms with Crippen LogP contribution in [0.2, 0.25) is 0 Å². The van der Waals surface area contributed by atoms with E-state index >= 15 is 0 Å². The molecular weight excluding hydrogens is 396 g/mol. The van der Waals surface area contributed by atoms with Crippen molar-refractivity contribution in [3.8, 4) is 5.75 Å². The van der Waals surface area contributed by atoms with Gasteiger partial charge in [0.2, 0.25) is 29.5 Å². The number of benzene rings is 1. The predicted molar refractivity (Wildman–Crippen MR) is 105 cm³/mol. The molecule has 0 aromatic heterocycles. The number of carbonyl (C=O) groups is 5. The molecule has 1 aromatic rings. The van der Waals surface area contributed by atoms with Crippen molar-refractivity contribution in [1.82, 2.24) is 16.0 Å². The average Bonchev–Trinajstić information content (AvgIpc) is 2.66. The van der Waals surface area contributed by atoms with Crippen LogP contribution in [0.15, 0.2) is 24.3 Å². The second kappa shape index (κ2) is 11.4. The van der Waals surface area contributed by atoms with Crippen molar-refractivity contribution in [3.63, 3.8) is 0 Å². The molecule has 0 radical (unpaired) electrons. The first-order valence-corrected chi connectivity index (χ1v) is 8.98. The molecule has 0 aliphatic rings. The molecule has 164 valence electrons. The third kappa shape index (κ3) is 8.56. The standard InChI is InChI=1S/C18H26N6O6/c1-9(19)17(29)22-8-15(27)23-13(7-14(20)26)18(30)24-12(16(21)28)6-10-2-4-11(25)5-3-10/h2-5,9,12-13,25H,6-8,19H2,1H3,(H2,20,26)(H2,21,28)(H,22,29)(H,23,27)(H,24,30)/t9-,12-,13-/m0/s1. The number of phenolic OH excluding ortho intramolecular Hbond substituents is 1. The molecule has 0 heterocycles. The number of phenols is 1. The fourth-order valence-electron chi connectivity index (χ4n) is 2.35. The molecule has 0 saturated carbocycles. The Morgan fingerprint density at radius 2 is 1.57 bits per heavy atom. The maximum Gasteiger partial charge on any atom is 0.243 e. The van der Waals surface area contributed by atoms with Crippen LogP contribution >= 0.6 is 0 Å². The van der Waals surface area contributed by atoms with E-state index in [1.54, 1.807) is 12.1 Å². The van der Waals surface area contributed by atoms with Crippen LogP contribution in [0.4, 0.5) is 0 Å². The zero-order chi connectivity index (χ0) is 22.8. The quantitative estimate of drug-likeness (QED) is 0.192. The van der Waals surface area contributed by atoms with Gasteiger partial charge in [-0.2, -0.15) is 0 Å². The first kappa shape index (κ1) is 24.4. The molecule has 0 bridgehead atoms. The molecule has 30 heavy (non-hydrogen) atoms. The summed E-state index contributed by atoms with van der Waals surface area (Å²) in [5.74, 6) is -3.89. The van der Waals surface area contributed by atoms with Gasteiger partial charge in [0, 0.05) is 6.42 Å². The van der Waals surface area contributed by atoms with E-state index in [0.717, 1.165) is 0 Å². The third-order valence-corrected chi connectivity index (χ3v) is 3.93. The molecule has 12 heteroatoms. The Labute approximate surface area is 172 Å². The highest BCUT2D eigenvalue weighted by atomic mass is 16.3. The van der Waals surface area contributed by atoms with Crippen molar-refractivity contribution < 1.29 is 29.1 Å². The van der Waals surface area contributed by atoms with E-state index in [1.807, 2.05) is 0 Å². The highest BCUT2D eigenvalue weighted by Crippen LogP contribution is 2.11. The summed E-state index contributed by atoms with van der Waals surface area (Å²) in [6, 6.07) is 2.53. The zero-order valence-corrected chi connectivity index (χ0v) is 16.4. The lowest BCUT2D eigenvalue weighted by Gasteiger charge is -2.21. The Balaban J connectivity index is 2.80. The fraction of sp³-hybridized carbons (Fsp3) is 0.389. The highest BCUT2D eigenvalue weighted by Gasteiger charge is 2.27. The van der Waals surface area contributed by atoms with Gasteiger partial charge in [0.1, 0.15) is 17.8 Å². The van der Waals surface area contributed by atoms with Gasteiger partial charge >= 0.3 is 0 Å². The SMILES string of the molecule is C[C@H](N)C(=O)NCC(=O)N[C@@H](CC(N)=O)C(=O)N[C@@H](Cc1ccc(O)cc1)C(N)=O. The minimum Gasteiger partial charge on any atom is -0.508 e. The second-order valence-corrected chi connectivity index (χ2v) is 6.63. The van der Waals surface area contributed by atoms with Gasteiger partial charge in [0.15, 0.2) is 0 Å². The van der Waals surface area contributed by atoms with Gasteiger partial charge in [-0.15, -0.1) is 0 Å². The second-order valence-electron chi connectivity index (χ2n) is 6.63. The maximum absolute atomic E-state index is 12.5. The van der Waals surface area contributed by atoms with Gasteiger partial charge in [-0.25, -0.2) is 0 Å². The topological polar surface area (TPSA) is 220 Å². The summed E-state index contributed by atoms with van der Waals surface area (Å²) < 4.78 is 0. The number of carbonyl (C=O) groups excluding carboxylic acids is 5. The lowest BCUT2D eigenvalue weighted by molar-refractivity contribution is -0.133. The van der Waals surface area contributed by atoms with Gasteiger partial charge in [-0.3, -0.25) is 24.0 Å². The van der Waals surface area contributed by atoms with Gasteiger partial charge in [-0.1, -0.05) is 12.1 Å².